The molecule has 0 aliphatic heterocycles. The van der Waals surface area contributed by atoms with Crippen LogP contribution in [0.1, 0.15) is 41.2 Å². The predicted molar refractivity (Wildman–Crippen MR) is 118 cm³/mol. The summed E-state index contributed by atoms with van der Waals surface area (Å²) in [4.78, 5) is 8.77. The summed E-state index contributed by atoms with van der Waals surface area (Å²) in [6, 6.07) is 8.01. The van der Waals surface area contributed by atoms with Crippen LogP contribution in [-0.2, 0) is 19.1 Å². The number of hydrogen-bond donors (Lipinski definition) is 1. The van der Waals surface area contributed by atoms with Gasteiger partial charge in [0.1, 0.15) is 12.1 Å². The van der Waals surface area contributed by atoms with Crippen LogP contribution in [0.3, 0.4) is 0 Å². The van der Waals surface area contributed by atoms with Crippen molar-refractivity contribution in [2.24, 2.45) is 7.05 Å². The average molecular weight is 453 g/mol. The van der Waals surface area contributed by atoms with Gasteiger partial charge in [0.05, 0.1) is 33.4 Å². The van der Waals surface area contributed by atoms with Gasteiger partial charge in [0, 0.05) is 36.4 Å². The predicted octanol–water partition coefficient (Wildman–Crippen LogP) is 4.04. The Morgan fingerprint density at radius 3 is 2.53 bits per heavy atom. The molecule has 1 fully saturated rings. The van der Waals surface area contributed by atoms with Crippen molar-refractivity contribution < 1.29 is 9.50 Å². The molecule has 0 saturated heterocycles. The molecule has 1 saturated carbocycles. The minimum absolute atomic E-state index is 0.304. The Morgan fingerprint density at radius 1 is 1.12 bits per heavy atom. The van der Waals surface area contributed by atoms with Crippen LogP contribution in [0.15, 0.2) is 36.7 Å². The fraction of sp³-hybridized carbons (Fsp3) is 0.304. The molecule has 32 heavy (non-hydrogen) atoms. The first-order valence-electron chi connectivity index (χ1n) is 10.3. The van der Waals surface area contributed by atoms with Crippen molar-refractivity contribution in [3.8, 4) is 17.1 Å². The van der Waals surface area contributed by atoms with Crippen LogP contribution in [0.25, 0.3) is 17.1 Å². The van der Waals surface area contributed by atoms with Crippen LogP contribution >= 0.6 is 11.6 Å². The lowest BCUT2D eigenvalue weighted by Crippen LogP contribution is -2.09. The van der Waals surface area contributed by atoms with Crippen molar-refractivity contribution in [1.29, 1.82) is 0 Å². The zero-order valence-electron chi connectivity index (χ0n) is 18.0. The molecule has 0 unspecified atom stereocenters. The van der Waals surface area contributed by atoms with Gasteiger partial charge in [0.15, 0.2) is 5.82 Å². The number of halogens is 2. The van der Waals surface area contributed by atoms with Gasteiger partial charge in [0.25, 0.3) is 0 Å². The van der Waals surface area contributed by atoms with E-state index in [1.165, 1.54) is 18.5 Å². The molecule has 7 nitrogen and oxygen atoms in total. The Hall–Kier alpha value is -3.10. The molecule has 5 rings (SSSR count). The van der Waals surface area contributed by atoms with Crippen molar-refractivity contribution in [1.82, 2.24) is 29.5 Å². The van der Waals surface area contributed by atoms with E-state index in [1.807, 2.05) is 19.9 Å². The fourth-order valence-corrected chi connectivity index (χ4v) is 4.60. The van der Waals surface area contributed by atoms with E-state index in [1.54, 1.807) is 28.5 Å². The summed E-state index contributed by atoms with van der Waals surface area (Å²) >= 11 is 6.65. The zero-order valence-corrected chi connectivity index (χ0v) is 18.7. The SMILES string of the molecule is Cc1nn(-c2cc(Cc3nn(C)c(-c4ccc(F)cc4)c3Cl)ncn2)c(C)c1C1(O)CC1. The van der Waals surface area contributed by atoms with Gasteiger partial charge in [-0.3, -0.25) is 4.68 Å². The molecule has 9 heteroatoms. The lowest BCUT2D eigenvalue weighted by atomic mass is 10.1. The summed E-state index contributed by atoms with van der Waals surface area (Å²) in [5.41, 5.74) is 4.71. The Bertz CT molecular complexity index is 1320. The second-order valence-corrected chi connectivity index (χ2v) is 8.65. The number of aliphatic hydroxyl groups is 1. The average Bonchev–Trinajstić information content (AvgIpc) is 3.33. The summed E-state index contributed by atoms with van der Waals surface area (Å²) in [5, 5.41) is 20.3. The van der Waals surface area contributed by atoms with Crippen LogP contribution in [0.5, 0.6) is 0 Å². The number of aryl methyl sites for hydroxylation is 2. The first-order chi connectivity index (χ1) is 15.3. The number of hydrogen-bond acceptors (Lipinski definition) is 5. The highest BCUT2D eigenvalue weighted by Gasteiger charge is 2.46. The maximum atomic E-state index is 13.3. The maximum absolute atomic E-state index is 13.3. The van der Waals surface area contributed by atoms with Crippen molar-refractivity contribution in [3.05, 3.63) is 75.8 Å². The molecule has 1 N–H and O–H groups in total. The van der Waals surface area contributed by atoms with E-state index < -0.39 is 5.60 Å². The van der Waals surface area contributed by atoms with E-state index in [-0.39, 0.29) is 5.82 Å². The highest BCUT2D eigenvalue weighted by atomic mass is 35.5. The lowest BCUT2D eigenvalue weighted by molar-refractivity contribution is 0.150. The van der Waals surface area contributed by atoms with Gasteiger partial charge in [-0.1, -0.05) is 11.6 Å². The van der Waals surface area contributed by atoms with Crippen molar-refractivity contribution in [2.45, 2.75) is 38.7 Å². The van der Waals surface area contributed by atoms with Gasteiger partial charge in [0.2, 0.25) is 0 Å². The molecule has 0 atom stereocenters. The molecule has 1 aliphatic carbocycles. The van der Waals surface area contributed by atoms with Crippen LogP contribution < -0.4 is 0 Å². The van der Waals surface area contributed by atoms with E-state index >= 15 is 0 Å². The molecular weight excluding hydrogens is 431 g/mol. The van der Waals surface area contributed by atoms with E-state index in [9.17, 15) is 9.50 Å². The second kappa shape index (κ2) is 7.50. The molecule has 164 valence electrons. The quantitative estimate of drug-likeness (QED) is 0.494. The second-order valence-electron chi connectivity index (χ2n) is 8.27. The molecule has 3 heterocycles. The van der Waals surface area contributed by atoms with E-state index in [4.69, 9.17) is 11.6 Å². The smallest absolute Gasteiger partial charge is 0.157 e. The zero-order chi connectivity index (χ0) is 22.6. The lowest BCUT2D eigenvalue weighted by Gasteiger charge is -2.09. The first-order valence-corrected chi connectivity index (χ1v) is 10.7. The Balaban J connectivity index is 1.47. The summed E-state index contributed by atoms with van der Waals surface area (Å²) in [6.07, 6.45) is 3.40. The molecule has 4 aromatic rings. The summed E-state index contributed by atoms with van der Waals surface area (Å²) < 4.78 is 16.7. The Morgan fingerprint density at radius 2 is 1.84 bits per heavy atom. The molecule has 0 amide bonds. The van der Waals surface area contributed by atoms with Gasteiger partial charge in [-0.2, -0.15) is 10.2 Å². The standard InChI is InChI=1S/C23H22ClFN6O/c1-13-20(23(32)8-9-23)14(2)31(28-13)19-11-17(26-12-27-19)10-18-21(24)22(30(3)29-18)15-4-6-16(25)7-5-15/h4-7,11-12,32H,8-10H2,1-3H3. The van der Waals surface area contributed by atoms with Crippen LogP contribution in [-0.4, -0.2) is 34.6 Å². The van der Waals surface area contributed by atoms with E-state index in [0.717, 1.165) is 46.7 Å². The molecular formula is C23H22ClFN6O. The number of benzene rings is 1. The third-order valence-electron chi connectivity index (χ3n) is 5.93. The maximum Gasteiger partial charge on any atom is 0.157 e. The van der Waals surface area contributed by atoms with E-state index in [0.29, 0.717) is 23.0 Å². The van der Waals surface area contributed by atoms with Crippen LogP contribution in [0.4, 0.5) is 4.39 Å². The molecule has 1 aromatic carbocycles. The van der Waals surface area contributed by atoms with Crippen LogP contribution in [0, 0.1) is 19.7 Å². The molecule has 0 spiro atoms. The van der Waals surface area contributed by atoms with Gasteiger partial charge in [-0.15, -0.1) is 0 Å². The topological polar surface area (TPSA) is 81.7 Å². The van der Waals surface area contributed by atoms with Crippen molar-refractivity contribution in [3.63, 3.8) is 0 Å². The fourth-order valence-electron chi connectivity index (χ4n) is 4.27. The number of rotatable bonds is 5. The number of nitrogens with zero attached hydrogens (tertiary/aromatic N) is 6. The van der Waals surface area contributed by atoms with Crippen LogP contribution in [0.2, 0.25) is 5.02 Å². The Labute approximate surface area is 189 Å². The molecule has 0 radical (unpaired) electrons. The summed E-state index contributed by atoms with van der Waals surface area (Å²) in [5.74, 6) is 0.318. The third kappa shape index (κ3) is 3.49. The third-order valence-corrected chi connectivity index (χ3v) is 6.33. The monoisotopic (exact) mass is 452 g/mol. The minimum Gasteiger partial charge on any atom is -0.385 e. The molecule has 3 aromatic heterocycles. The highest BCUT2D eigenvalue weighted by molar-refractivity contribution is 6.33. The normalized spacial score (nSPS) is 14.7. The van der Waals surface area contributed by atoms with Gasteiger partial charge < -0.3 is 5.11 Å². The van der Waals surface area contributed by atoms with Crippen molar-refractivity contribution in [2.75, 3.05) is 0 Å². The van der Waals surface area contributed by atoms with E-state index in [2.05, 4.69) is 20.2 Å². The Kier molecular flexibility index (Phi) is 4.87. The largest absolute Gasteiger partial charge is 0.385 e. The van der Waals surface area contributed by atoms with Gasteiger partial charge in [-0.05, 0) is 51.0 Å². The first kappa shape index (κ1) is 20.8. The van der Waals surface area contributed by atoms with Gasteiger partial charge >= 0.3 is 0 Å². The van der Waals surface area contributed by atoms with Crippen molar-refractivity contribution >= 4 is 11.6 Å². The number of aromatic nitrogens is 6. The minimum atomic E-state index is -0.763. The molecule has 1 aliphatic rings. The summed E-state index contributed by atoms with van der Waals surface area (Å²) in [7, 11) is 1.81. The summed E-state index contributed by atoms with van der Waals surface area (Å²) in [6.45, 7) is 3.85. The van der Waals surface area contributed by atoms with Gasteiger partial charge in [-0.25, -0.2) is 19.0 Å². The molecule has 0 bridgehead atoms. The highest BCUT2D eigenvalue weighted by Crippen LogP contribution is 2.48.